The van der Waals surface area contributed by atoms with Crippen LogP contribution in [-0.4, -0.2) is 78.4 Å². The average Bonchev–Trinajstić information content (AvgIpc) is 3.14. The Labute approximate surface area is 204 Å². The van der Waals surface area contributed by atoms with Crippen molar-refractivity contribution in [3.8, 4) is 0 Å². The molecule has 1 aliphatic heterocycles. The van der Waals surface area contributed by atoms with E-state index in [0.29, 0.717) is 0 Å². The molecule has 31 heavy (non-hydrogen) atoms. The highest BCUT2D eigenvalue weighted by Gasteiger charge is 2.18. The van der Waals surface area contributed by atoms with Crippen molar-refractivity contribution < 1.29 is 0 Å². The van der Waals surface area contributed by atoms with E-state index < -0.39 is 0 Å². The van der Waals surface area contributed by atoms with E-state index in [0.717, 1.165) is 58.3 Å². The Morgan fingerprint density at radius 3 is 2.58 bits per heavy atom. The first-order valence-electron chi connectivity index (χ1n) is 11.0. The Morgan fingerprint density at radius 1 is 1.19 bits per heavy atom. The Bertz CT molecular complexity index is 840. The van der Waals surface area contributed by atoms with Crippen LogP contribution in [0.25, 0.3) is 0 Å². The Morgan fingerprint density at radius 2 is 1.94 bits per heavy atom. The third-order valence-corrected chi connectivity index (χ3v) is 5.84. The highest BCUT2D eigenvalue weighted by atomic mass is 127. The molecule has 2 aromatic rings. The molecule has 2 heterocycles. The first-order chi connectivity index (χ1) is 14.5. The normalized spacial score (nSPS) is 15.0. The molecule has 0 amide bonds. The van der Waals surface area contributed by atoms with Gasteiger partial charge in [0.2, 0.25) is 0 Å². The average molecular weight is 540 g/mol. The number of nitrogens with one attached hydrogen (secondary N) is 1. The molecule has 0 bridgehead atoms. The van der Waals surface area contributed by atoms with Gasteiger partial charge in [0.15, 0.2) is 5.96 Å². The van der Waals surface area contributed by atoms with E-state index in [-0.39, 0.29) is 24.0 Å². The number of benzene rings is 1. The largest absolute Gasteiger partial charge is 0.369 e. The van der Waals surface area contributed by atoms with Crippen molar-refractivity contribution in [2.45, 2.75) is 27.3 Å². The van der Waals surface area contributed by atoms with Gasteiger partial charge in [-0.05, 0) is 38.0 Å². The predicted molar refractivity (Wildman–Crippen MR) is 141 cm³/mol. The fourth-order valence-electron chi connectivity index (χ4n) is 3.96. The van der Waals surface area contributed by atoms with Crippen molar-refractivity contribution in [1.29, 1.82) is 0 Å². The maximum atomic E-state index is 4.86. The molecule has 0 spiro atoms. The van der Waals surface area contributed by atoms with Crippen molar-refractivity contribution in [2.24, 2.45) is 12.0 Å². The molecule has 0 unspecified atom stereocenters. The fourth-order valence-corrected chi connectivity index (χ4v) is 3.96. The van der Waals surface area contributed by atoms with E-state index in [2.05, 4.69) is 77.3 Å². The molecule has 1 aromatic carbocycles. The Kier molecular flexibility index (Phi) is 10.1. The van der Waals surface area contributed by atoms with Crippen LogP contribution in [0.4, 0.5) is 5.69 Å². The molecule has 3 rings (SSSR count). The van der Waals surface area contributed by atoms with Gasteiger partial charge in [-0.25, -0.2) is 0 Å². The van der Waals surface area contributed by atoms with Crippen LogP contribution in [-0.2, 0) is 13.6 Å². The van der Waals surface area contributed by atoms with Crippen molar-refractivity contribution in [2.75, 3.05) is 57.8 Å². The summed E-state index contributed by atoms with van der Waals surface area (Å²) in [6, 6.07) is 6.62. The molecule has 1 aliphatic rings. The van der Waals surface area contributed by atoms with Crippen LogP contribution >= 0.6 is 24.0 Å². The molecule has 0 saturated carbocycles. The van der Waals surface area contributed by atoms with Crippen LogP contribution in [0.3, 0.4) is 0 Å². The van der Waals surface area contributed by atoms with E-state index >= 15 is 0 Å². The number of rotatable bonds is 7. The van der Waals surface area contributed by atoms with Gasteiger partial charge in [-0.2, -0.15) is 5.10 Å². The van der Waals surface area contributed by atoms with Crippen molar-refractivity contribution in [3.05, 3.63) is 47.3 Å². The minimum absolute atomic E-state index is 0. The Balaban J connectivity index is 0.00000341. The van der Waals surface area contributed by atoms with E-state index in [1.165, 1.54) is 22.4 Å². The van der Waals surface area contributed by atoms with Crippen LogP contribution < -0.4 is 10.2 Å². The van der Waals surface area contributed by atoms with Gasteiger partial charge in [0.05, 0.1) is 12.7 Å². The quantitative estimate of drug-likeness (QED) is 0.333. The van der Waals surface area contributed by atoms with Crippen LogP contribution in [0.5, 0.6) is 0 Å². The number of aromatic nitrogens is 2. The van der Waals surface area contributed by atoms with Crippen molar-refractivity contribution in [3.63, 3.8) is 0 Å². The second-order valence-electron chi connectivity index (χ2n) is 8.16. The number of nitrogens with zero attached hydrogens (tertiary/aromatic N) is 6. The first-order valence-corrected chi connectivity index (χ1v) is 11.0. The zero-order chi connectivity index (χ0) is 21.5. The van der Waals surface area contributed by atoms with E-state index in [1.807, 2.05) is 17.9 Å². The summed E-state index contributed by atoms with van der Waals surface area (Å²) in [5, 5.41) is 7.66. The number of aliphatic imine (C=N–C) groups is 1. The standard InChI is InChI=1S/C23H37N7.HI/c1-6-24-23(27(4)17-21-16-26-28(5)18-21)25-10-11-29-12-14-30(15-13-29)22-9-7-8-19(2)20(22)3;/h7-9,16,18H,6,10-15,17H2,1-5H3,(H,24,25);1H. The van der Waals surface area contributed by atoms with Gasteiger partial charge < -0.3 is 15.1 Å². The second-order valence-corrected chi connectivity index (χ2v) is 8.16. The molecule has 0 radical (unpaired) electrons. The lowest BCUT2D eigenvalue weighted by atomic mass is 10.1. The fraction of sp³-hybridized carbons (Fsp3) is 0.565. The summed E-state index contributed by atoms with van der Waals surface area (Å²) in [6.07, 6.45) is 3.96. The van der Waals surface area contributed by atoms with Crippen LogP contribution in [0, 0.1) is 13.8 Å². The van der Waals surface area contributed by atoms with Gasteiger partial charge in [-0.3, -0.25) is 14.6 Å². The number of guanidine groups is 1. The molecule has 8 heteroatoms. The smallest absolute Gasteiger partial charge is 0.194 e. The lowest BCUT2D eigenvalue weighted by molar-refractivity contribution is 0.264. The summed E-state index contributed by atoms with van der Waals surface area (Å²) in [5.74, 6) is 0.954. The third kappa shape index (κ3) is 7.10. The maximum absolute atomic E-state index is 4.86. The maximum Gasteiger partial charge on any atom is 0.194 e. The summed E-state index contributed by atoms with van der Waals surface area (Å²) in [7, 11) is 4.03. The molecule has 172 valence electrons. The van der Waals surface area contributed by atoms with Gasteiger partial charge in [0, 0.05) is 77.4 Å². The minimum atomic E-state index is 0. The summed E-state index contributed by atoms with van der Waals surface area (Å²) in [6.45, 7) is 14.3. The Hall–Kier alpha value is -1.81. The summed E-state index contributed by atoms with van der Waals surface area (Å²) >= 11 is 0. The zero-order valence-corrected chi connectivity index (χ0v) is 22.0. The molecule has 7 nitrogen and oxygen atoms in total. The van der Waals surface area contributed by atoms with Gasteiger partial charge in [-0.15, -0.1) is 24.0 Å². The number of halogens is 1. The van der Waals surface area contributed by atoms with Gasteiger partial charge in [0.1, 0.15) is 0 Å². The number of piperazine rings is 1. The number of hydrogen-bond donors (Lipinski definition) is 1. The van der Waals surface area contributed by atoms with Crippen molar-refractivity contribution in [1.82, 2.24) is 24.9 Å². The topological polar surface area (TPSA) is 51.9 Å². The van der Waals surface area contributed by atoms with Gasteiger partial charge in [0.25, 0.3) is 0 Å². The molecule has 1 saturated heterocycles. The molecule has 1 N–H and O–H groups in total. The summed E-state index contributed by atoms with van der Waals surface area (Å²) in [4.78, 5) is 12.1. The lowest BCUT2D eigenvalue weighted by Crippen LogP contribution is -2.47. The predicted octanol–water partition coefficient (Wildman–Crippen LogP) is 2.87. The summed E-state index contributed by atoms with van der Waals surface area (Å²) in [5.41, 5.74) is 5.35. The highest BCUT2D eigenvalue weighted by molar-refractivity contribution is 14.0. The number of aryl methyl sites for hydroxylation is 2. The molecular formula is C23H38IN7. The van der Waals surface area contributed by atoms with Gasteiger partial charge >= 0.3 is 0 Å². The molecular weight excluding hydrogens is 501 g/mol. The molecule has 0 aliphatic carbocycles. The number of hydrogen-bond acceptors (Lipinski definition) is 4. The first kappa shape index (κ1) is 25.5. The molecule has 1 fully saturated rings. The highest BCUT2D eigenvalue weighted by Crippen LogP contribution is 2.23. The van der Waals surface area contributed by atoms with Crippen LogP contribution in [0.15, 0.2) is 35.6 Å². The van der Waals surface area contributed by atoms with E-state index in [1.54, 1.807) is 0 Å². The van der Waals surface area contributed by atoms with Crippen molar-refractivity contribution >= 4 is 35.6 Å². The zero-order valence-electron chi connectivity index (χ0n) is 19.6. The van der Waals surface area contributed by atoms with Crippen LogP contribution in [0.2, 0.25) is 0 Å². The minimum Gasteiger partial charge on any atom is -0.369 e. The van der Waals surface area contributed by atoms with E-state index in [9.17, 15) is 0 Å². The molecule has 0 atom stereocenters. The summed E-state index contributed by atoms with van der Waals surface area (Å²) < 4.78 is 1.84. The third-order valence-electron chi connectivity index (χ3n) is 5.84. The molecule has 1 aromatic heterocycles. The lowest BCUT2D eigenvalue weighted by Gasteiger charge is -2.37. The second kappa shape index (κ2) is 12.3. The van der Waals surface area contributed by atoms with E-state index in [4.69, 9.17) is 4.99 Å². The monoisotopic (exact) mass is 539 g/mol. The SMILES string of the molecule is CCNC(=NCCN1CCN(c2cccc(C)c2C)CC1)N(C)Cc1cnn(C)c1.I. The van der Waals surface area contributed by atoms with Gasteiger partial charge in [-0.1, -0.05) is 12.1 Å². The number of anilines is 1. The van der Waals surface area contributed by atoms with Crippen LogP contribution in [0.1, 0.15) is 23.6 Å².